The first-order valence-corrected chi connectivity index (χ1v) is 11.5. The van der Waals surface area contributed by atoms with Crippen molar-refractivity contribution in [1.82, 2.24) is 5.32 Å². The molecule has 0 saturated carbocycles. The summed E-state index contributed by atoms with van der Waals surface area (Å²) in [6.07, 6.45) is 1.21. The molecule has 0 aromatic heterocycles. The Morgan fingerprint density at radius 3 is 2.32 bits per heavy atom. The van der Waals surface area contributed by atoms with Gasteiger partial charge in [-0.3, -0.25) is 14.4 Å². The van der Waals surface area contributed by atoms with Gasteiger partial charge in [-0.2, -0.15) is 0 Å². The van der Waals surface area contributed by atoms with Gasteiger partial charge in [-0.15, -0.1) is 0 Å². The zero-order valence-corrected chi connectivity index (χ0v) is 21.0. The van der Waals surface area contributed by atoms with Gasteiger partial charge in [-0.05, 0) is 52.3 Å². The van der Waals surface area contributed by atoms with Crippen LogP contribution in [0.1, 0.15) is 60.8 Å². The highest BCUT2D eigenvalue weighted by molar-refractivity contribution is 9.10. The van der Waals surface area contributed by atoms with Gasteiger partial charge < -0.3 is 20.3 Å². The predicted octanol–water partition coefficient (Wildman–Crippen LogP) is 4.68. The fourth-order valence-corrected chi connectivity index (χ4v) is 4.86. The van der Waals surface area contributed by atoms with Crippen molar-refractivity contribution in [3.63, 3.8) is 0 Å². The fraction of sp³-hybridized carbons (Fsp3) is 0.269. The van der Waals surface area contributed by atoms with Crippen LogP contribution in [0.5, 0.6) is 17.2 Å². The Morgan fingerprint density at radius 1 is 1.12 bits per heavy atom. The third-order valence-electron chi connectivity index (χ3n) is 6.56. The number of aromatic hydroxyl groups is 2. The zero-order chi connectivity index (χ0) is 25.1. The largest absolute Gasteiger partial charge is 0.507 e. The minimum Gasteiger partial charge on any atom is -0.507 e. The lowest BCUT2D eigenvalue weighted by Gasteiger charge is -2.29. The Labute approximate surface area is 205 Å². The van der Waals surface area contributed by atoms with E-state index in [1.54, 1.807) is 13.8 Å². The van der Waals surface area contributed by atoms with Crippen molar-refractivity contribution in [2.45, 2.75) is 46.1 Å². The molecule has 0 radical (unpaired) electrons. The molecule has 8 heteroatoms. The second-order valence-corrected chi connectivity index (χ2v) is 9.72. The molecule has 2 aromatic carbocycles. The van der Waals surface area contributed by atoms with Crippen LogP contribution in [-0.2, 0) is 15.0 Å². The first kappa shape index (κ1) is 23.8. The van der Waals surface area contributed by atoms with Gasteiger partial charge in [0.25, 0.3) is 0 Å². The van der Waals surface area contributed by atoms with Crippen molar-refractivity contribution in [1.29, 1.82) is 0 Å². The van der Waals surface area contributed by atoms with Crippen LogP contribution in [0.4, 0.5) is 0 Å². The minimum absolute atomic E-state index is 0.0119. The molecule has 1 aliphatic carbocycles. The predicted molar refractivity (Wildman–Crippen MR) is 129 cm³/mol. The van der Waals surface area contributed by atoms with E-state index in [1.807, 2.05) is 31.2 Å². The Hall–Kier alpha value is -3.39. The maximum atomic E-state index is 13.8. The molecule has 176 valence electrons. The van der Waals surface area contributed by atoms with Crippen LogP contribution >= 0.6 is 15.9 Å². The standard InChI is InChI=1S/C26H24BrNO6/c1-11-22(31)20(14(4)29)24-21(23(11)32)26(5)18(34-24)10-17(30)19(25(26)33)13(3)28-12(2)15-6-8-16(27)9-7-15/h6-10,12,28,31-32H,1-5H3/b19-13+/t12-,26-/m0/s1. The molecular weight excluding hydrogens is 502 g/mol. The number of carbonyl (C=O) groups excluding carboxylic acids is 3. The molecule has 2 atom stereocenters. The van der Waals surface area contributed by atoms with Crippen molar-refractivity contribution < 1.29 is 29.3 Å². The van der Waals surface area contributed by atoms with Crippen LogP contribution in [0.25, 0.3) is 0 Å². The highest BCUT2D eigenvalue weighted by atomic mass is 79.9. The summed E-state index contributed by atoms with van der Waals surface area (Å²) in [5.74, 6) is -2.44. The molecule has 0 amide bonds. The average molecular weight is 526 g/mol. The fourth-order valence-electron chi connectivity index (χ4n) is 4.59. The molecule has 1 heterocycles. The maximum Gasteiger partial charge on any atom is 0.194 e. The monoisotopic (exact) mass is 525 g/mol. The van der Waals surface area contributed by atoms with Gasteiger partial charge >= 0.3 is 0 Å². The third-order valence-corrected chi connectivity index (χ3v) is 7.09. The Kier molecular flexibility index (Phi) is 5.68. The first-order chi connectivity index (χ1) is 15.9. The van der Waals surface area contributed by atoms with Crippen LogP contribution in [0.2, 0.25) is 0 Å². The molecule has 2 aliphatic rings. The van der Waals surface area contributed by atoms with Gasteiger partial charge in [-0.1, -0.05) is 28.1 Å². The topological polar surface area (TPSA) is 113 Å². The second kappa shape index (κ2) is 8.13. The molecule has 2 aromatic rings. The number of Topliss-reactive ketones (excluding diaryl/α,β-unsaturated/α-hetero) is 2. The number of phenols is 2. The SMILES string of the molecule is CC(=O)c1c(O)c(C)c(O)c2c1OC1=CC(=O)/C(=C(/C)N[C@@H](C)c3ccc(Br)cc3)C(=O)[C@@]12C. The molecule has 34 heavy (non-hydrogen) atoms. The summed E-state index contributed by atoms with van der Waals surface area (Å²) >= 11 is 3.40. The normalized spacial score (nSPS) is 21.3. The van der Waals surface area contributed by atoms with Gasteiger partial charge in [0.15, 0.2) is 17.3 Å². The highest BCUT2D eigenvalue weighted by Gasteiger charge is 2.56. The summed E-state index contributed by atoms with van der Waals surface area (Å²) < 4.78 is 6.72. The maximum absolute atomic E-state index is 13.8. The van der Waals surface area contributed by atoms with Crippen LogP contribution < -0.4 is 10.1 Å². The molecule has 0 fully saturated rings. The molecule has 0 bridgehead atoms. The quantitative estimate of drug-likeness (QED) is 0.301. The molecule has 0 spiro atoms. The number of halogens is 1. The summed E-state index contributed by atoms with van der Waals surface area (Å²) in [5, 5.41) is 24.6. The van der Waals surface area contributed by atoms with E-state index in [0.29, 0.717) is 5.70 Å². The molecule has 4 rings (SSSR count). The summed E-state index contributed by atoms with van der Waals surface area (Å²) in [5.41, 5.74) is -0.239. The van der Waals surface area contributed by atoms with Gasteiger partial charge in [0.2, 0.25) is 0 Å². The summed E-state index contributed by atoms with van der Waals surface area (Å²) in [6, 6.07) is 7.48. The van der Waals surface area contributed by atoms with E-state index < -0.39 is 28.5 Å². The van der Waals surface area contributed by atoms with E-state index in [-0.39, 0.29) is 45.6 Å². The number of benzene rings is 2. The van der Waals surface area contributed by atoms with Crippen LogP contribution in [-0.4, -0.2) is 27.6 Å². The summed E-state index contributed by atoms with van der Waals surface area (Å²) in [6.45, 7) is 7.82. The van der Waals surface area contributed by atoms with E-state index >= 15 is 0 Å². The van der Waals surface area contributed by atoms with E-state index in [4.69, 9.17) is 4.74 Å². The van der Waals surface area contributed by atoms with Crippen molar-refractivity contribution in [3.05, 3.63) is 74.1 Å². The van der Waals surface area contributed by atoms with Crippen LogP contribution in [0.15, 0.2) is 51.8 Å². The Morgan fingerprint density at radius 2 is 1.74 bits per heavy atom. The van der Waals surface area contributed by atoms with Gasteiger partial charge in [0.05, 0.1) is 11.1 Å². The highest BCUT2D eigenvalue weighted by Crippen LogP contribution is 2.57. The average Bonchev–Trinajstić information content (AvgIpc) is 3.05. The lowest BCUT2D eigenvalue weighted by atomic mass is 9.70. The van der Waals surface area contributed by atoms with Crippen molar-refractivity contribution in [2.75, 3.05) is 0 Å². The van der Waals surface area contributed by atoms with E-state index in [9.17, 15) is 24.6 Å². The number of phenolic OH excluding ortho intramolecular Hbond substituents is 2. The number of hydrogen-bond donors (Lipinski definition) is 3. The molecule has 7 nitrogen and oxygen atoms in total. The zero-order valence-electron chi connectivity index (χ0n) is 19.4. The molecule has 0 saturated heterocycles. The van der Waals surface area contributed by atoms with Gasteiger partial charge in [0, 0.05) is 27.9 Å². The number of nitrogens with one attached hydrogen (secondary N) is 1. The number of ketones is 3. The first-order valence-electron chi connectivity index (χ1n) is 10.7. The number of ether oxygens (including phenoxy) is 1. The number of hydrogen-bond acceptors (Lipinski definition) is 7. The summed E-state index contributed by atoms with van der Waals surface area (Å²) in [7, 11) is 0. The second-order valence-electron chi connectivity index (χ2n) is 8.80. The minimum atomic E-state index is -1.53. The molecule has 0 unspecified atom stereocenters. The number of allylic oxidation sites excluding steroid dienone is 4. The van der Waals surface area contributed by atoms with E-state index in [2.05, 4.69) is 21.2 Å². The van der Waals surface area contributed by atoms with Gasteiger partial charge in [0.1, 0.15) is 34.0 Å². The third kappa shape index (κ3) is 3.36. The Bertz CT molecular complexity index is 1340. The lowest BCUT2D eigenvalue weighted by molar-refractivity contribution is -0.123. The number of carbonyl (C=O) groups is 3. The smallest absolute Gasteiger partial charge is 0.194 e. The summed E-state index contributed by atoms with van der Waals surface area (Å²) in [4.78, 5) is 39.1. The van der Waals surface area contributed by atoms with Crippen molar-refractivity contribution >= 4 is 33.3 Å². The Balaban J connectivity index is 1.84. The van der Waals surface area contributed by atoms with Crippen LogP contribution in [0, 0.1) is 6.92 Å². The number of rotatable bonds is 4. The molecule has 3 N–H and O–H groups in total. The number of fused-ring (bicyclic) bond motifs is 3. The van der Waals surface area contributed by atoms with Gasteiger partial charge in [-0.25, -0.2) is 0 Å². The van der Waals surface area contributed by atoms with E-state index in [1.165, 1.54) is 19.9 Å². The molecule has 1 aliphatic heterocycles. The lowest BCUT2D eigenvalue weighted by Crippen LogP contribution is -2.41. The van der Waals surface area contributed by atoms with Crippen LogP contribution in [0.3, 0.4) is 0 Å². The molecular formula is C26H24BrNO6. The van der Waals surface area contributed by atoms with Crippen molar-refractivity contribution in [3.8, 4) is 17.2 Å². The van der Waals surface area contributed by atoms with E-state index in [0.717, 1.165) is 10.0 Å². The van der Waals surface area contributed by atoms with Crippen molar-refractivity contribution in [2.24, 2.45) is 0 Å².